The molecule has 1 aromatic heterocycles. The van der Waals surface area contributed by atoms with Crippen LogP contribution in [-0.2, 0) is 0 Å². The van der Waals surface area contributed by atoms with Gasteiger partial charge < -0.3 is 0 Å². The summed E-state index contributed by atoms with van der Waals surface area (Å²) in [5.74, 6) is -0.646. The van der Waals surface area contributed by atoms with Crippen molar-refractivity contribution in [2.24, 2.45) is 0 Å². The van der Waals surface area contributed by atoms with E-state index in [0.29, 0.717) is 16.8 Å². The third-order valence-corrected chi connectivity index (χ3v) is 4.83. The van der Waals surface area contributed by atoms with Crippen molar-refractivity contribution in [1.29, 1.82) is 0 Å². The molecule has 0 atom stereocenters. The molecule has 0 saturated heterocycles. The van der Waals surface area contributed by atoms with Crippen LogP contribution in [0, 0.1) is 12.7 Å². The van der Waals surface area contributed by atoms with Gasteiger partial charge in [0.1, 0.15) is 5.82 Å². The second-order valence-corrected chi connectivity index (χ2v) is 7.00. The lowest BCUT2D eigenvalue weighted by atomic mass is 10.0. The molecule has 3 aromatic carbocycles. The summed E-state index contributed by atoms with van der Waals surface area (Å²) in [4.78, 5) is 17.7. The van der Waals surface area contributed by atoms with E-state index in [2.05, 4.69) is 17.4 Å². The smallest absolute Gasteiger partial charge is 0.270 e. The molecule has 5 heteroatoms. The van der Waals surface area contributed by atoms with Crippen LogP contribution in [0.2, 0.25) is 0 Å². The van der Waals surface area contributed by atoms with E-state index in [-0.39, 0.29) is 11.7 Å². The predicted molar refractivity (Wildman–Crippen MR) is 118 cm³/mol. The zero-order valence-electron chi connectivity index (χ0n) is 16.4. The Kier molecular flexibility index (Phi) is 5.26. The van der Waals surface area contributed by atoms with Crippen molar-refractivity contribution in [2.75, 3.05) is 0 Å². The molecule has 1 amide bonds. The molecule has 0 unspecified atom stereocenters. The van der Waals surface area contributed by atoms with E-state index in [1.807, 2.05) is 55.5 Å². The van der Waals surface area contributed by atoms with Crippen LogP contribution in [0.15, 0.2) is 85.4 Å². The molecule has 0 saturated carbocycles. The summed E-state index contributed by atoms with van der Waals surface area (Å²) in [6.07, 6.45) is 0. The Morgan fingerprint density at radius 2 is 1.63 bits per heavy atom. The zero-order chi connectivity index (χ0) is 21.1. The first-order valence-electron chi connectivity index (χ1n) is 9.49. The lowest BCUT2D eigenvalue weighted by Gasteiger charge is -2.13. The predicted octanol–water partition coefficient (Wildman–Crippen LogP) is 5.25. The highest BCUT2D eigenvalue weighted by Gasteiger charge is 2.14. The third-order valence-electron chi connectivity index (χ3n) is 4.83. The molecule has 0 aliphatic rings. The number of halogens is 1. The number of nitrogens with one attached hydrogen (secondary N) is 2. The maximum atomic E-state index is 13.1. The number of carbonyl (C=O) groups excluding carboxylic acids is 1. The number of hydrogen-bond donors (Lipinski definition) is 2. The molecule has 0 bridgehead atoms. The SMILES string of the molecule is C=C(NNC(=O)c1cc(-c2ccc(C)cc2)nc2ccccc12)c1ccc(F)cc1. The summed E-state index contributed by atoms with van der Waals surface area (Å²) >= 11 is 0. The summed E-state index contributed by atoms with van der Waals surface area (Å²) < 4.78 is 13.1. The van der Waals surface area contributed by atoms with E-state index in [9.17, 15) is 9.18 Å². The highest BCUT2D eigenvalue weighted by Crippen LogP contribution is 2.25. The number of hydrazine groups is 1. The maximum absolute atomic E-state index is 13.1. The second-order valence-electron chi connectivity index (χ2n) is 7.00. The fraction of sp³-hybridized carbons (Fsp3) is 0.0400. The van der Waals surface area contributed by atoms with Gasteiger partial charge in [-0.1, -0.05) is 54.6 Å². The van der Waals surface area contributed by atoms with Gasteiger partial charge in [0.25, 0.3) is 5.91 Å². The Morgan fingerprint density at radius 1 is 0.933 bits per heavy atom. The highest BCUT2D eigenvalue weighted by molar-refractivity contribution is 6.07. The highest BCUT2D eigenvalue weighted by atomic mass is 19.1. The van der Waals surface area contributed by atoms with E-state index < -0.39 is 0 Å². The van der Waals surface area contributed by atoms with Crippen LogP contribution in [0.4, 0.5) is 4.39 Å². The Balaban J connectivity index is 1.63. The van der Waals surface area contributed by atoms with Crippen LogP contribution in [0.1, 0.15) is 21.5 Å². The molecule has 4 rings (SSSR count). The van der Waals surface area contributed by atoms with Crippen molar-refractivity contribution < 1.29 is 9.18 Å². The number of aromatic nitrogens is 1. The zero-order valence-corrected chi connectivity index (χ0v) is 16.4. The number of para-hydroxylation sites is 1. The average Bonchev–Trinajstić information content (AvgIpc) is 2.77. The minimum absolute atomic E-state index is 0.315. The van der Waals surface area contributed by atoms with Gasteiger partial charge in [-0.15, -0.1) is 0 Å². The van der Waals surface area contributed by atoms with E-state index >= 15 is 0 Å². The van der Waals surface area contributed by atoms with Crippen molar-refractivity contribution in [1.82, 2.24) is 15.8 Å². The first-order chi connectivity index (χ1) is 14.5. The molecule has 2 N–H and O–H groups in total. The maximum Gasteiger partial charge on any atom is 0.270 e. The Morgan fingerprint density at radius 3 is 2.37 bits per heavy atom. The van der Waals surface area contributed by atoms with Crippen molar-refractivity contribution >= 4 is 22.5 Å². The number of carbonyl (C=O) groups is 1. The molecular weight excluding hydrogens is 377 g/mol. The van der Waals surface area contributed by atoms with Crippen molar-refractivity contribution in [3.8, 4) is 11.3 Å². The third kappa shape index (κ3) is 4.05. The standard InChI is InChI=1S/C25H20FN3O/c1-16-7-9-19(10-8-16)24-15-22(21-5-3-4-6-23(21)27-24)25(30)29-28-17(2)18-11-13-20(26)14-12-18/h3-15,28H,2H2,1H3,(H,29,30). The molecule has 0 aliphatic carbocycles. The van der Waals surface area contributed by atoms with E-state index in [0.717, 1.165) is 27.7 Å². The molecule has 1 heterocycles. The fourth-order valence-electron chi connectivity index (χ4n) is 3.16. The number of pyridine rings is 1. The number of rotatable bonds is 5. The van der Waals surface area contributed by atoms with E-state index in [1.165, 1.54) is 12.1 Å². The van der Waals surface area contributed by atoms with Gasteiger partial charge in [-0.2, -0.15) is 0 Å². The average molecular weight is 397 g/mol. The molecule has 30 heavy (non-hydrogen) atoms. The molecule has 148 valence electrons. The largest absolute Gasteiger partial charge is 0.298 e. The van der Waals surface area contributed by atoms with E-state index in [4.69, 9.17) is 4.98 Å². The van der Waals surface area contributed by atoms with Crippen LogP contribution in [0.5, 0.6) is 0 Å². The molecule has 0 spiro atoms. The van der Waals surface area contributed by atoms with Gasteiger partial charge in [0.15, 0.2) is 0 Å². The van der Waals surface area contributed by atoms with Gasteiger partial charge in [-0.3, -0.25) is 15.6 Å². The summed E-state index contributed by atoms with van der Waals surface area (Å²) in [5.41, 5.74) is 10.7. The summed E-state index contributed by atoms with van der Waals surface area (Å²) in [5, 5.41) is 0.750. The van der Waals surface area contributed by atoms with Gasteiger partial charge in [0, 0.05) is 10.9 Å². The minimum Gasteiger partial charge on any atom is -0.298 e. The molecule has 4 aromatic rings. The molecular formula is C25H20FN3O. The first-order valence-corrected chi connectivity index (χ1v) is 9.49. The van der Waals surface area contributed by atoms with E-state index in [1.54, 1.807) is 18.2 Å². The number of hydrogen-bond acceptors (Lipinski definition) is 3. The van der Waals surface area contributed by atoms with Crippen LogP contribution in [0.25, 0.3) is 27.9 Å². The second kappa shape index (κ2) is 8.17. The van der Waals surface area contributed by atoms with Crippen molar-refractivity contribution in [3.63, 3.8) is 0 Å². The summed E-state index contributed by atoms with van der Waals surface area (Å²) in [7, 11) is 0. The van der Waals surface area contributed by atoms with Gasteiger partial charge in [0.2, 0.25) is 0 Å². The quantitative estimate of drug-likeness (QED) is 0.452. The topological polar surface area (TPSA) is 54.0 Å². The fourth-order valence-corrected chi connectivity index (χ4v) is 3.16. The van der Waals surface area contributed by atoms with Gasteiger partial charge in [-0.05, 0) is 48.9 Å². The molecule has 4 nitrogen and oxygen atoms in total. The number of nitrogens with zero attached hydrogens (tertiary/aromatic N) is 1. The van der Waals surface area contributed by atoms with Crippen LogP contribution in [-0.4, -0.2) is 10.9 Å². The van der Waals surface area contributed by atoms with Gasteiger partial charge in [-0.25, -0.2) is 9.37 Å². The molecule has 0 radical (unpaired) electrons. The van der Waals surface area contributed by atoms with Crippen LogP contribution >= 0.6 is 0 Å². The summed E-state index contributed by atoms with van der Waals surface area (Å²) in [6.45, 7) is 5.92. The number of aryl methyl sites for hydroxylation is 1. The Labute approximate surface area is 174 Å². The van der Waals surface area contributed by atoms with Gasteiger partial charge >= 0.3 is 0 Å². The van der Waals surface area contributed by atoms with Crippen LogP contribution < -0.4 is 10.9 Å². The molecule has 0 fully saturated rings. The lowest BCUT2D eigenvalue weighted by Crippen LogP contribution is -2.36. The number of amides is 1. The number of benzene rings is 3. The van der Waals surface area contributed by atoms with Crippen LogP contribution in [0.3, 0.4) is 0 Å². The summed E-state index contributed by atoms with van der Waals surface area (Å²) in [6, 6.07) is 23.2. The Bertz CT molecular complexity index is 1230. The Hall–Kier alpha value is -3.99. The molecule has 0 aliphatic heterocycles. The van der Waals surface area contributed by atoms with Crippen molar-refractivity contribution in [3.05, 3.63) is 108 Å². The number of fused-ring (bicyclic) bond motifs is 1. The lowest BCUT2D eigenvalue weighted by molar-refractivity contribution is 0.0944. The van der Waals surface area contributed by atoms with Gasteiger partial charge in [0.05, 0.1) is 22.5 Å². The monoisotopic (exact) mass is 397 g/mol. The normalized spacial score (nSPS) is 10.6. The first kappa shape index (κ1) is 19.3. The minimum atomic E-state index is -0.331. The van der Waals surface area contributed by atoms with Crippen molar-refractivity contribution in [2.45, 2.75) is 6.92 Å².